The fourth-order valence-electron chi connectivity index (χ4n) is 9.98. The van der Waals surface area contributed by atoms with Gasteiger partial charge in [0.25, 0.3) is 5.56 Å². The van der Waals surface area contributed by atoms with Crippen LogP contribution in [0.5, 0.6) is 11.5 Å². The van der Waals surface area contributed by atoms with Gasteiger partial charge in [0.05, 0.1) is 60.0 Å². The van der Waals surface area contributed by atoms with E-state index in [1.165, 1.54) is 49.1 Å². The monoisotopic (exact) mass is 892 g/mol. The van der Waals surface area contributed by atoms with Crippen molar-refractivity contribution >= 4 is 61.7 Å². The van der Waals surface area contributed by atoms with Crippen LogP contribution < -0.4 is 31.3 Å². The fourth-order valence-corrected chi connectivity index (χ4v) is 11.3. The number of imide groups is 1. The number of hydrogen-bond donors (Lipinski definition) is 1. The van der Waals surface area contributed by atoms with Gasteiger partial charge in [-0.1, -0.05) is 17.7 Å². The first-order chi connectivity index (χ1) is 30.2. The van der Waals surface area contributed by atoms with Gasteiger partial charge in [0.2, 0.25) is 11.8 Å². The summed E-state index contributed by atoms with van der Waals surface area (Å²) in [5.74, 6) is -1.03. The number of thiophene rings is 1. The van der Waals surface area contributed by atoms with Crippen LogP contribution in [0.4, 0.5) is 5.82 Å². The third kappa shape index (κ3) is 5.80. The predicted molar refractivity (Wildman–Crippen MR) is 234 cm³/mol. The summed E-state index contributed by atoms with van der Waals surface area (Å²) in [7, 11) is 6.28. The lowest BCUT2D eigenvalue weighted by atomic mass is 9.58. The number of amides is 2. The van der Waals surface area contributed by atoms with Gasteiger partial charge in [-0.3, -0.25) is 19.1 Å². The molecule has 4 atom stereocenters. The summed E-state index contributed by atoms with van der Waals surface area (Å²) in [5, 5.41) is 16.4. The molecule has 2 fully saturated rings. The minimum atomic E-state index is -1.40. The first kappa shape index (κ1) is 40.6. The Morgan fingerprint density at radius 3 is 2.49 bits per heavy atom. The number of anilines is 1. The molecular formula is C44H41ClN8O9S. The Hall–Kier alpha value is -6.50. The zero-order valence-corrected chi connectivity index (χ0v) is 36.6. The van der Waals surface area contributed by atoms with Crippen molar-refractivity contribution in [1.29, 1.82) is 0 Å². The van der Waals surface area contributed by atoms with Crippen LogP contribution in [0, 0.1) is 18.3 Å². The minimum Gasteiger partial charge on any atom is -0.493 e. The number of fused-ring (bicyclic) bond motifs is 6. The molecular weight excluding hydrogens is 852 g/mol. The van der Waals surface area contributed by atoms with Crippen LogP contribution in [0.2, 0.25) is 5.02 Å². The van der Waals surface area contributed by atoms with E-state index in [2.05, 4.69) is 4.98 Å². The maximum absolute atomic E-state index is 15.1. The van der Waals surface area contributed by atoms with Crippen LogP contribution in [-0.2, 0) is 49.8 Å². The van der Waals surface area contributed by atoms with Gasteiger partial charge in [-0.05, 0) is 67.1 Å². The lowest BCUT2D eigenvalue weighted by molar-refractivity contribution is -0.129. The molecule has 7 aromatic rings. The van der Waals surface area contributed by atoms with Crippen LogP contribution >= 0.6 is 22.9 Å². The van der Waals surface area contributed by atoms with Crippen molar-refractivity contribution in [2.75, 3.05) is 19.1 Å². The van der Waals surface area contributed by atoms with Crippen LogP contribution in [0.15, 0.2) is 79.0 Å². The summed E-state index contributed by atoms with van der Waals surface area (Å²) in [4.78, 5) is 78.8. The number of carbonyl (C=O) groups is 2. The van der Waals surface area contributed by atoms with Crippen LogP contribution in [0.1, 0.15) is 48.1 Å². The number of hydrogen-bond acceptors (Lipinski definition) is 12. The number of ether oxygens (including phenoxy) is 2. The van der Waals surface area contributed by atoms with Crippen molar-refractivity contribution in [1.82, 2.24) is 33.3 Å². The molecule has 0 unspecified atom stereocenters. The van der Waals surface area contributed by atoms with E-state index >= 15 is 4.79 Å². The van der Waals surface area contributed by atoms with Gasteiger partial charge in [-0.25, -0.2) is 33.4 Å². The van der Waals surface area contributed by atoms with E-state index in [1.807, 2.05) is 31.2 Å². The standard InChI is InChI=1S/C44H41ClN8O9S/c1-21-25-15-22(45)7-10-35(25)63-38(21)29-18-36(49(4)47-29)52-39(55)26-16-30-24(37(44(26,2)41(52)57)32-9-8-23(20-54)62-32)11-14-51-42(58)50(43(59)53(30)51)13-12-27-40(56)48(3)31-19-34(61-6)33(60-5)17-28(31)46-27/h7-11,15,17-19,26,30,37,54H,12-14,16,20H2,1-6H3/t26-,30+,37+,44+/m0/s1. The first-order valence-electron chi connectivity index (χ1n) is 20.2. The number of allylic oxidation sites excluding steroid dienone is 2. The van der Waals surface area contributed by atoms with Gasteiger partial charge < -0.3 is 23.6 Å². The Kier molecular flexibility index (Phi) is 9.36. The van der Waals surface area contributed by atoms with Gasteiger partial charge in [-0.2, -0.15) is 5.10 Å². The molecule has 1 saturated heterocycles. The molecule has 2 amide bonds. The number of aliphatic hydroxyl groups excluding tert-OH is 1. The zero-order valence-electron chi connectivity index (χ0n) is 35.0. The number of furan rings is 1. The smallest absolute Gasteiger partial charge is 0.347 e. The van der Waals surface area contributed by atoms with Crippen molar-refractivity contribution in [2.45, 2.75) is 58.3 Å². The highest BCUT2D eigenvalue weighted by atomic mass is 35.5. The molecule has 63 heavy (non-hydrogen) atoms. The Bertz CT molecular complexity index is 3330. The number of carbonyl (C=O) groups excluding carboxylic acids is 2. The third-order valence-electron chi connectivity index (χ3n) is 13.2. The molecule has 17 nitrogen and oxygen atoms in total. The van der Waals surface area contributed by atoms with Crippen molar-refractivity contribution in [3.8, 4) is 22.1 Å². The van der Waals surface area contributed by atoms with Gasteiger partial charge in [0.15, 0.2) is 11.5 Å². The molecule has 19 heteroatoms. The molecule has 5 aromatic heterocycles. The molecule has 3 aliphatic rings. The van der Waals surface area contributed by atoms with Crippen LogP contribution in [0.25, 0.3) is 31.7 Å². The molecule has 2 aromatic carbocycles. The minimum absolute atomic E-state index is 0.00793. The topological polar surface area (TPSA) is 191 Å². The van der Waals surface area contributed by atoms with E-state index in [9.17, 15) is 24.3 Å². The quantitative estimate of drug-likeness (QED) is 0.154. The van der Waals surface area contributed by atoms with E-state index in [1.54, 1.807) is 51.4 Å². The molecule has 324 valence electrons. The molecule has 10 rings (SSSR count). The van der Waals surface area contributed by atoms with Crippen molar-refractivity contribution < 1.29 is 28.6 Å². The highest BCUT2D eigenvalue weighted by Gasteiger charge is 2.66. The van der Waals surface area contributed by atoms with E-state index in [-0.39, 0.29) is 43.2 Å². The Morgan fingerprint density at radius 1 is 1.00 bits per heavy atom. The fraction of sp³-hybridized carbons (Fsp3) is 0.341. The number of aromatic nitrogens is 7. The van der Waals surface area contributed by atoms with E-state index < -0.39 is 58.7 Å². The highest BCUT2D eigenvalue weighted by molar-refractivity contribution is 7.22. The number of halogens is 1. The summed E-state index contributed by atoms with van der Waals surface area (Å²) >= 11 is 7.86. The second kappa shape index (κ2) is 14.5. The second-order valence-corrected chi connectivity index (χ2v) is 17.9. The van der Waals surface area contributed by atoms with Crippen molar-refractivity contribution in [2.24, 2.45) is 25.4 Å². The lowest BCUT2D eigenvalue weighted by Crippen LogP contribution is -2.49. The molecule has 2 aliphatic heterocycles. The summed E-state index contributed by atoms with van der Waals surface area (Å²) < 4.78 is 24.7. The number of rotatable bonds is 9. The Morgan fingerprint density at radius 2 is 1.76 bits per heavy atom. The summed E-state index contributed by atoms with van der Waals surface area (Å²) in [6, 6.07) is 13.2. The number of benzene rings is 2. The van der Waals surface area contributed by atoms with Crippen LogP contribution in [0.3, 0.4) is 0 Å². The molecule has 0 bridgehead atoms. The molecule has 1 N–H and O–H groups in total. The number of methoxy groups -OCH3 is 2. The van der Waals surface area contributed by atoms with Gasteiger partial charge in [0.1, 0.15) is 35.3 Å². The van der Waals surface area contributed by atoms with E-state index in [0.29, 0.717) is 44.6 Å². The van der Waals surface area contributed by atoms with Crippen molar-refractivity contribution in [3.05, 3.63) is 119 Å². The van der Waals surface area contributed by atoms with Gasteiger partial charge >= 0.3 is 11.4 Å². The summed E-state index contributed by atoms with van der Waals surface area (Å²) in [5.41, 5.74) is 0.273. The predicted octanol–water partition coefficient (Wildman–Crippen LogP) is 4.85. The Balaban J connectivity index is 1.03. The van der Waals surface area contributed by atoms with Crippen molar-refractivity contribution in [3.63, 3.8) is 0 Å². The number of aryl methyl sites for hydroxylation is 4. The molecule has 1 aliphatic carbocycles. The summed E-state index contributed by atoms with van der Waals surface area (Å²) in [6.07, 6.45) is 1.81. The second-order valence-electron chi connectivity index (χ2n) is 16.4. The van der Waals surface area contributed by atoms with E-state index in [4.69, 9.17) is 30.6 Å². The van der Waals surface area contributed by atoms with Crippen LogP contribution in [-0.4, -0.2) is 64.4 Å². The lowest BCUT2D eigenvalue weighted by Gasteiger charge is -2.45. The first-order valence-corrected chi connectivity index (χ1v) is 21.4. The largest absolute Gasteiger partial charge is 0.493 e. The van der Waals surface area contributed by atoms with E-state index in [0.717, 1.165) is 25.1 Å². The molecule has 0 spiro atoms. The highest BCUT2D eigenvalue weighted by Crippen LogP contribution is 2.61. The normalized spacial score (nSPS) is 20.7. The molecule has 7 heterocycles. The average molecular weight is 893 g/mol. The van der Waals surface area contributed by atoms with Gasteiger partial charge in [0, 0.05) is 55.0 Å². The average Bonchev–Trinajstić information content (AvgIpc) is 4.07. The Labute approximate surface area is 366 Å². The number of aliphatic hydroxyl groups is 1. The molecule has 1 saturated carbocycles. The molecule has 0 radical (unpaired) electrons. The van der Waals surface area contributed by atoms with Gasteiger partial charge in [-0.15, -0.1) is 11.3 Å². The maximum Gasteiger partial charge on any atom is 0.347 e. The zero-order chi connectivity index (χ0) is 44.4. The number of nitrogens with zero attached hydrogens (tertiary/aromatic N) is 8. The SMILES string of the molecule is COc1cc2nc(CCn3c(=O)n4n(c3=O)[C@@H]3C[C@H]5C(=O)N(c6cc(-c7sc8ccc(Cl)cc8c7C)nn6C)C(=O)[C@@]5(C)[C@@H](c5ccc(CO)o5)C3=CC4)c(=O)n(C)c2cc1OC. The maximum atomic E-state index is 15.1. The third-order valence-corrected chi connectivity index (χ3v) is 14.7. The summed E-state index contributed by atoms with van der Waals surface area (Å²) in [6.45, 7) is 3.17.